The predicted octanol–water partition coefficient (Wildman–Crippen LogP) is 5.99. The maximum atomic E-state index is 13.8. The van der Waals surface area contributed by atoms with Crippen molar-refractivity contribution in [3.8, 4) is 11.5 Å². The molecule has 38 heavy (non-hydrogen) atoms. The first kappa shape index (κ1) is 24.4. The molecule has 1 fully saturated rings. The average Bonchev–Trinajstić information content (AvgIpc) is 3.58. The molecule has 1 saturated heterocycles. The number of aryl methyl sites for hydroxylation is 1. The first-order valence-electron chi connectivity index (χ1n) is 11.8. The molecule has 6 rings (SSSR count). The molecule has 5 aromatic rings. The van der Waals surface area contributed by atoms with E-state index in [0.717, 1.165) is 25.5 Å². The fraction of sp³-hybridized carbons (Fsp3) is 0.280. The van der Waals surface area contributed by atoms with Crippen molar-refractivity contribution in [1.29, 1.82) is 0 Å². The molecule has 1 aromatic carbocycles. The van der Waals surface area contributed by atoms with E-state index in [9.17, 15) is 13.2 Å². The van der Waals surface area contributed by atoms with E-state index >= 15 is 0 Å². The molecule has 1 aliphatic heterocycles. The molecule has 1 atom stereocenters. The number of anilines is 2. The number of imidazole rings is 1. The van der Waals surface area contributed by atoms with E-state index in [0.29, 0.717) is 28.0 Å². The van der Waals surface area contributed by atoms with E-state index < -0.39 is 11.7 Å². The summed E-state index contributed by atoms with van der Waals surface area (Å²) in [6.07, 6.45) is 5.14. The van der Waals surface area contributed by atoms with Crippen LogP contribution in [0.2, 0.25) is 5.02 Å². The minimum absolute atomic E-state index is 0.0794. The Morgan fingerprint density at radius 3 is 2.71 bits per heavy atom. The number of likely N-dealkylation sites (tertiary alicyclic amines) is 1. The van der Waals surface area contributed by atoms with Gasteiger partial charge in [-0.25, -0.2) is 9.50 Å². The summed E-state index contributed by atoms with van der Waals surface area (Å²) in [5.41, 5.74) is 1.59. The summed E-state index contributed by atoms with van der Waals surface area (Å²) >= 11 is 6.69. The monoisotopic (exact) mass is 542 g/mol. The third-order valence-corrected chi connectivity index (χ3v) is 7.12. The van der Waals surface area contributed by atoms with Crippen molar-refractivity contribution in [3.05, 3.63) is 65.3 Å². The fourth-order valence-electron chi connectivity index (χ4n) is 4.85. The number of alkyl halides is 3. The molecule has 0 aliphatic carbocycles. The van der Waals surface area contributed by atoms with E-state index in [-0.39, 0.29) is 28.4 Å². The van der Waals surface area contributed by atoms with Crippen LogP contribution in [0, 0.1) is 0 Å². The maximum absolute atomic E-state index is 13.8. The lowest BCUT2D eigenvalue weighted by molar-refractivity contribution is -0.137. The molecule has 0 spiro atoms. The Morgan fingerprint density at radius 2 is 1.95 bits per heavy atom. The van der Waals surface area contributed by atoms with Crippen LogP contribution in [0.25, 0.3) is 16.7 Å². The topological polar surface area (TPSA) is 85.4 Å². The third-order valence-electron chi connectivity index (χ3n) is 6.76. The standard InChI is InChI=1S/C25H22ClF3N8O/c1-35-6-3-4-17(35)14-8-15(25(27,28)29)10-16(9-14)33-24-34-23-22(36(24)2)21(26)20(12-31-23)38-19-13-32-37-7-5-30-11-18(19)37/h5,7-13,17H,3-4,6H2,1-2H3,(H,31,33,34)/t17-/m0/s1. The molecule has 1 aliphatic rings. The largest absolute Gasteiger partial charge is 0.450 e. The number of pyridine rings is 1. The van der Waals surface area contributed by atoms with E-state index in [4.69, 9.17) is 16.3 Å². The van der Waals surface area contributed by atoms with E-state index in [2.05, 4.69) is 30.3 Å². The Bertz CT molecular complexity index is 1660. The van der Waals surface area contributed by atoms with Crippen LogP contribution in [0.15, 0.2) is 49.2 Å². The Balaban J connectivity index is 1.36. The number of fused-ring (bicyclic) bond motifs is 2. The molecule has 5 heterocycles. The van der Waals surface area contributed by atoms with Gasteiger partial charge in [0.05, 0.1) is 24.2 Å². The number of hydrogen-bond donors (Lipinski definition) is 1. The van der Waals surface area contributed by atoms with Crippen molar-refractivity contribution >= 4 is 39.9 Å². The van der Waals surface area contributed by atoms with Gasteiger partial charge >= 0.3 is 6.18 Å². The van der Waals surface area contributed by atoms with Gasteiger partial charge in [0, 0.05) is 31.2 Å². The van der Waals surface area contributed by atoms with Gasteiger partial charge in [-0.2, -0.15) is 23.3 Å². The summed E-state index contributed by atoms with van der Waals surface area (Å²) in [7, 11) is 3.63. The Hall–Kier alpha value is -3.90. The van der Waals surface area contributed by atoms with Gasteiger partial charge in [-0.3, -0.25) is 9.88 Å². The van der Waals surface area contributed by atoms with Gasteiger partial charge in [0.2, 0.25) is 5.95 Å². The van der Waals surface area contributed by atoms with Crippen LogP contribution < -0.4 is 10.1 Å². The highest BCUT2D eigenvalue weighted by atomic mass is 35.5. The van der Waals surface area contributed by atoms with Crippen molar-refractivity contribution in [2.75, 3.05) is 18.9 Å². The lowest BCUT2D eigenvalue weighted by Gasteiger charge is -2.22. The lowest BCUT2D eigenvalue weighted by Crippen LogP contribution is -2.18. The van der Waals surface area contributed by atoms with Gasteiger partial charge in [0.25, 0.3) is 0 Å². The number of nitrogens with one attached hydrogen (secondary N) is 1. The van der Waals surface area contributed by atoms with Crippen molar-refractivity contribution in [2.24, 2.45) is 7.05 Å². The molecule has 0 bridgehead atoms. The van der Waals surface area contributed by atoms with Crippen LogP contribution in [-0.4, -0.2) is 47.6 Å². The molecule has 0 saturated carbocycles. The third kappa shape index (κ3) is 4.29. The Morgan fingerprint density at radius 1 is 1.11 bits per heavy atom. The molecule has 0 amide bonds. The van der Waals surface area contributed by atoms with Crippen LogP contribution in [0.3, 0.4) is 0 Å². The zero-order chi connectivity index (χ0) is 26.6. The highest BCUT2D eigenvalue weighted by molar-refractivity contribution is 6.36. The van der Waals surface area contributed by atoms with Gasteiger partial charge < -0.3 is 14.6 Å². The zero-order valence-electron chi connectivity index (χ0n) is 20.4. The highest BCUT2D eigenvalue weighted by Crippen LogP contribution is 2.39. The number of benzene rings is 1. The van der Waals surface area contributed by atoms with E-state index in [1.54, 1.807) is 47.0 Å². The normalized spacial score (nSPS) is 16.5. The second-order valence-electron chi connectivity index (χ2n) is 9.23. The van der Waals surface area contributed by atoms with Crippen LogP contribution in [0.1, 0.15) is 30.0 Å². The van der Waals surface area contributed by atoms with E-state index in [1.807, 2.05) is 7.05 Å². The summed E-state index contributed by atoms with van der Waals surface area (Å²) < 4.78 is 50.5. The minimum atomic E-state index is -4.49. The first-order valence-corrected chi connectivity index (χ1v) is 12.2. The number of aromatic nitrogens is 6. The van der Waals surface area contributed by atoms with Gasteiger partial charge in [-0.1, -0.05) is 11.6 Å². The second kappa shape index (κ2) is 9.14. The summed E-state index contributed by atoms with van der Waals surface area (Å²) in [5, 5.41) is 7.51. The Labute approximate surface area is 219 Å². The molecule has 0 radical (unpaired) electrons. The van der Waals surface area contributed by atoms with Crippen molar-refractivity contribution in [3.63, 3.8) is 0 Å². The molecule has 196 valence electrons. The summed E-state index contributed by atoms with van der Waals surface area (Å²) in [5.74, 6) is 1.00. The van der Waals surface area contributed by atoms with Gasteiger partial charge in [-0.05, 0) is 50.2 Å². The van der Waals surface area contributed by atoms with Gasteiger partial charge in [0.1, 0.15) is 16.1 Å². The number of ether oxygens (including phenoxy) is 1. The van der Waals surface area contributed by atoms with Crippen LogP contribution in [0.4, 0.5) is 24.8 Å². The molecule has 4 aromatic heterocycles. The Kier molecular flexibility index (Phi) is 5.88. The quantitative estimate of drug-likeness (QED) is 0.292. The van der Waals surface area contributed by atoms with Gasteiger partial charge in [0.15, 0.2) is 17.1 Å². The average molecular weight is 543 g/mol. The first-order chi connectivity index (χ1) is 18.2. The number of hydrogen-bond acceptors (Lipinski definition) is 7. The number of nitrogens with zero attached hydrogens (tertiary/aromatic N) is 7. The van der Waals surface area contributed by atoms with Crippen molar-refractivity contribution in [2.45, 2.75) is 25.1 Å². The molecule has 13 heteroatoms. The SMILES string of the molecule is CN1CCC[C@H]1c1cc(Nc2nc3ncc(Oc4cnn5ccncc45)c(Cl)c3n2C)cc(C(F)(F)F)c1. The number of rotatable bonds is 5. The molecule has 9 nitrogen and oxygen atoms in total. The molecular weight excluding hydrogens is 521 g/mol. The lowest BCUT2D eigenvalue weighted by atomic mass is 10.0. The minimum Gasteiger partial charge on any atom is -0.450 e. The summed E-state index contributed by atoms with van der Waals surface area (Å²) in [6, 6.07) is 3.97. The predicted molar refractivity (Wildman–Crippen MR) is 136 cm³/mol. The zero-order valence-corrected chi connectivity index (χ0v) is 21.1. The van der Waals surface area contributed by atoms with Crippen LogP contribution in [-0.2, 0) is 13.2 Å². The maximum Gasteiger partial charge on any atom is 0.416 e. The second-order valence-corrected chi connectivity index (χ2v) is 9.60. The fourth-order valence-corrected chi connectivity index (χ4v) is 5.14. The highest BCUT2D eigenvalue weighted by Gasteiger charge is 2.33. The van der Waals surface area contributed by atoms with Crippen LogP contribution >= 0.6 is 11.6 Å². The smallest absolute Gasteiger partial charge is 0.416 e. The molecule has 0 unspecified atom stereocenters. The molecular formula is C25H22ClF3N8O. The van der Waals surface area contributed by atoms with E-state index in [1.165, 1.54) is 12.3 Å². The van der Waals surface area contributed by atoms with Crippen molar-refractivity contribution in [1.82, 2.24) is 34.0 Å². The van der Waals surface area contributed by atoms with Gasteiger partial charge in [-0.15, -0.1) is 0 Å². The summed E-state index contributed by atoms with van der Waals surface area (Å²) in [4.78, 5) is 15.0. The van der Waals surface area contributed by atoms with Crippen LogP contribution in [0.5, 0.6) is 11.5 Å². The van der Waals surface area contributed by atoms with Crippen molar-refractivity contribution < 1.29 is 17.9 Å². The molecule has 1 N–H and O–H groups in total. The summed E-state index contributed by atoms with van der Waals surface area (Å²) in [6.45, 7) is 0.842. The number of halogens is 4.